The van der Waals surface area contributed by atoms with Gasteiger partial charge >= 0.3 is 0 Å². The van der Waals surface area contributed by atoms with Crippen LogP contribution in [0, 0.1) is 0 Å². The first kappa shape index (κ1) is 21.2. The number of likely N-dealkylation sites (tertiary alicyclic amines) is 1. The number of nitrogens with zero attached hydrogens (tertiary/aromatic N) is 4. The van der Waals surface area contributed by atoms with Gasteiger partial charge in [-0.2, -0.15) is 0 Å². The van der Waals surface area contributed by atoms with Crippen LogP contribution in [0.15, 0.2) is 72.5 Å². The maximum absolute atomic E-state index is 12.8. The number of hydrogen-bond donors (Lipinski definition) is 1. The zero-order valence-electron chi connectivity index (χ0n) is 17.3. The summed E-state index contributed by atoms with van der Waals surface area (Å²) in [5.41, 5.74) is 4.28. The Kier molecular flexibility index (Phi) is 5.85. The van der Waals surface area contributed by atoms with Gasteiger partial charge in [-0.25, -0.2) is 9.97 Å². The molecule has 2 amide bonds. The van der Waals surface area contributed by atoms with Crippen molar-refractivity contribution in [2.75, 3.05) is 11.9 Å². The van der Waals surface area contributed by atoms with Crippen molar-refractivity contribution >= 4 is 39.9 Å². The van der Waals surface area contributed by atoms with Crippen LogP contribution in [0.25, 0.3) is 22.4 Å². The second-order valence-electron chi connectivity index (χ2n) is 7.51. The van der Waals surface area contributed by atoms with Crippen molar-refractivity contribution in [3.63, 3.8) is 0 Å². The number of carbonyl (C=O) groups excluding carboxylic acids is 2. The fourth-order valence-electron chi connectivity index (χ4n) is 3.66. The van der Waals surface area contributed by atoms with E-state index in [1.165, 1.54) is 28.5 Å². The minimum Gasteiger partial charge on any atom is -0.326 e. The highest BCUT2D eigenvalue weighted by atomic mass is 35.5. The van der Waals surface area contributed by atoms with E-state index in [0.717, 1.165) is 22.4 Å². The molecular weight excluding hydrogens is 458 g/mol. The number of anilines is 1. The van der Waals surface area contributed by atoms with E-state index in [-0.39, 0.29) is 17.0 Å². The molecule has 33 heavy (non-hydrogen) atoms. The highest BCUT2D eigenvalue weighted by molar-refractivity contribution is 7.14. The van der Waals surface area contributed by atoms with Crippen molar-refractivity contribution in [3.05, 3.63) is 83.2 Å². The predicted molar refractivity (Wildman–Crippen MR) is 128 cm³/mol. The van der Waals surface area contributed by atoms with E-state index >= 15 is 0 Å². The minimum absolute atomic E-state index is 0.238. The zero-order chi connectivity index (χ0) is 22.8. The quantitative estimate of drug-likeness (QED) is 0.420. The molecule has 0 spiro atoms. The number of carbonyl (C=O) groups is 2. The first-order chi connectivity index (χ1) is 16.1. The van der Waals surface area contributed by atoms with Crippen molar-refractivity contribution in [1.82, 2.24) is 19.9 Å². The van der Waals surface area contributed by atoms with Gasteiger partial charge in [-0.05, 0) is 47.9 Å². The minimum atomic E-state index is -0.535. The van der Waals surface area contributed by atoms with Gasteiger partial charge in [0, 0.05) is 41.6 Å². The molecule has 1 atom stereocenters. The van der Waals surface area contributed by atoms with E-state index in [1.54, 1.807) is 18.5 Å². The summed E-state index contributed by atoms with van der Waals surface area (Å²) in [7, 11) is 0. The number of benzene rings is 1. The number of halogens is 1. The van der Waals surface area contributed by atoms with E-state index in [9.17, 15) is 9.59 Å². The van der Waals surface area contributed by atoms with E-state index < -0.39 is 6.04 Å². The standard InChI is InChI=1S/C24H18ClN5O2S/c25-21-13-18(6-10-27-21)23(32)30-11-7-20(30)22(31)29-24-28-19(14-33-24)17-3-1-2-16(12-17)15-4-8-26-9-5-15/h1-6,8-10,12-14,20H,7,11H2,(H,28,29,31). The Morgan fingerprint density at radius 1 is 1.03 bits per heavy atom. The summed E-state index contributed by atoms with van der Waals surface area (Å²) in [6.07, 6.45) is 5.60. The number of pyridine rings is 2. The molecule has 3 aromatic heterocycles. The Bertz CT molecular complexity index is 1330. The first-order valence-electron chi connectivity index (χ1n) is 10.3. The summed E-state index contributed by atoms with van der Waals surface area (Å²) in [6.45, 7) is 0.516. The normalized spacial score (nSPS) is 15.1. The van der Waals surface area contributed by atoms with Crippen LogP contribution >= 0.6 is 22.9 Å². The topological polar surface area (TPSA) is 88.1 Å². The fourth-order valence-corrected chi connectivity index (χ4v) is 4.56. The van der Waals surface area contributed by atoms with E-state index in [2.05, 4.69) is 26.3 Å². The van der Waals surface area contributed by atoms with Crippen molar-refractivity contribution < 1.29 is 9.59 Å². The summed E-state index contributed by atoms with van der Waals surface area (Å²) >= 11 is 7.24. The molecule has 4 aromatic rings. The van der Waals surface area contributed by atoms with Gasteiger partial charge in [-0.15, -0.1) is 11.3 Å². The molecule has 1 aliphatic heterocycles. The van der Waals surface area contributed by atoms with Crippen molar-refractivity contribution in [2.24, 2.45) is 0 Å². The van der Waals surface area contributed by atoms with Gasteiger partial charge in [0.25, 0.3) is 5.91 Å². The lowest BCUT2D eigenvalue weighted by Crippen LogP contribution is -2.56. The van der Waals surface area contributed by atoms with Crippen molar-refractivity contribution in [2.45, 2.75) is 12.5 Å². The summed E-state index contributed by atoms with van der Waals surface area (Å²) in [6, 6.07) is 14.5. The van der Waals surface area contributed by atoms with E-state index in [4.69, 9.17) is 11.6 Å². The summed E-state index contributed by atoms with van der Waals surface area (Å²) in [5, 5.41) is 5.50. The van der Waals surface area contributed by atoms with Crippen molar-refractivity contribution in [1.29, 1.82) is 0 Å². The van der Waals surface area contributed by atoms with Gasteiger partial charge in [0.1, 0.15) is 11.2 Å². The molecule has 164 valence electrons. The highest BCUT2D eigenvalue weighted by Crippen LogP contribution is 2.30. The third-order valence-corrected chi connectivity index (χ3v) is 6.43. The molecule has 1 aliphatic rings. The van der Waals surface area contributed by atoms with Crippen LogP contribution in [-0.4, -0.2) is 44.3 Å². The van der Waals surface area contributed by atoms with Crippen LogP contribution in [-0.2, 0) is 4.79 Å². The van der Waals surface area contributed by atoms with Gasteiger partial charge in [0.15, 0.2) is 5.13 Å². The molecule has 1 fully saturated rings. The number of amides is 2. The molecule has 4 heterocycles. The Labute approximate surface area is 199 Å². The van der Waals surface area contributed by atoms with Gasteiger partial charge in [0.2, 0.25) is 5.91 Å². The molecule has 1 N–H and O–H groups in total. The highest BCUT2D eigenvalue weighted by Gasteiger charge is 2.38. The molecule has 0 bridgehead atoms. The molecule has 1 saturated heterocycles. The van der Waals surface area contributed by atoms with Crippen LogP contribution in [0.5, 0.6) is 0 Å². The van der Waals surface area contributed by atoms with Crippen LogP contribution in [0.4, 0.5) is 5.13 Å². The lowest BCUT2D eigenvalue weighted by atomic mass is 10.0. The summed E-state index contributed by atoms with van der Waals surface area (Å²) in [5.74, 6) is -0.486. The van der Waals surface area contributed by atoms with Crippen LogP contribution in [0.3, 0.4) is 0 Å². The van der Waals surface area contributed by atoms with Crippen molar-refractivity contribution in [3.8, 4) is 22.4 Å². The Hall–Kier alpha value is -3.62. The predicted octanol–water partition coefficient (Wildman–Crippen LogP) is 4.77. The molecular formula is C24H18ClN5O2S. The van der Waals surface area contributed by atoms with Crippen LogP contribution < -0.4 is 5.32 Å². The lowest BCUT2D eigenvalue weighted by molar-refractivity contribution is -0.123. The molecule has 0 aliphatic carbocycles. The Morgan fingerprint density at radius 3 is 2.61 bits per heavy atom. The molecule has 7 nitrogen and oxygen atoms in total. The van der Waals surface area contributed by atoms with E-state index in [1.807, 2.05) is 35.7 Å². The molecule has 9 heteroatoms. The summed E-state index contributed by atoms with van der Waals surface area (Å²) < 4.78 is 0. The Morgan fingerprint density at radius 2 is 1.85 bits per heavy atom. The van der Waals surface area contributed by atoms with Gasteiger partial charge < -0.3 is 10.2 Å². The number of nitrogens with one attached hydrogen (secondary N) is 1. The van der Waals surface area contributed by atoms with E-state index in [0.29, 0.717) is 23.7 Å². The average Bonchev–Trinajstić information content (AvgIpc) is 3.27. The number of aromatic nitrogens is 3. The summed E-state index contributed by atoms with van der Waals surface area (Å²) in [4.78, 5) is 39.6. The SMILES string of the molecule is O=C(Nc1nc(-c2cccc(-c3ccncc3)c2)cs1)C1CCN1C(=O)c1ccnc(Cl)c1. The second-order valence-corrected chi connectivity index (χ2v) is 8.76. The third kappa shape index (κ3) is 4.48. The zero-order valence-corrected chi connectivity index (χ0v) is 18.9. The van der Waals surface area contributed by atoms with Gasteiger partial charge in [0.05, 0.1) is 5.69 Å². The molecule has 1 unspecified atom stereocenters. The number of hydrogen-bond acceptors (Lipinski definition) is 6. The number of rotatable bonds is 5. The maximum Gasteiger partial charge on any atom is 0.254 e. The first-order valence-corrected chi connectivity index (χ1v) is 11.5. The Balaban J connectivity index is 1.28. The largest absolute Gasteiger partial charge is 0.326 e. The number of thiazole rings is 1. The maximum atomic E-state index is 12.8. The fraction of sp³-hybridized carbons (Fsp3) is 0.125. The van der Waals surface area contributed by atoms with Gasteiger partial charge in [-0.3, -0.25) is 14.6 Å². The van der Waals surface area contributed by atoms with Crippen LogP contribution in [0.2, 0.25) is 5.15 Å². The average molecular weight is 476 g/mol. The molecule has 0 saturated carbocycles. The monoisotopic (exact) mass is 475 g/mol. The molecule has 0 radical (unpaired) electrons. The second kappa shape index (κ2) is 9.09. The van der Waals surface area contributed by atoms with Gasteiger partial charge in [-0.1, -0.05) is 29.8 Å². The lowest BCUT2D eigenvalue weighted by Gasteiger charge is -2.39. The van der Waals surface area contributed by atoms with Crippen LogP contribution in [0.1, 0.15) is 16.8 Å². The third-order valence-electron chi connectivity index (χ3n) is 5.46. The smallest absolute Gasteiger partial charge is 0.254 e. The molecule has 1 aromatic carbocycles. The molecule has 5 rings (SSSR count).